The molecule has 1 unspecified atom stereocenters. The average molecular weight is 243 g/mol. The van der Waals surface area contributed by atoms with Crippen molar-refractivity contribution >= 4 is 23.4 Å². The molecular formula is C11H15ClN2O2. The zero-order valence-electron chi connectivity index (χ0n) is 9.53. The maximum atomic E-state index is 11.5. The molecule has 16 heavy (non-hydrogen) atoms. The van der Waals surface area contributed by atoms with Gasteiger partial charge in [0.05, 0.1) is 12.1 Å². The zero-order valence-corrected chi connectivity index (χ0v) is 10.3. The summed E-state index contributed by atoms with van der Waals surface area (Å²) < 4.78 is 4.71. The van der Waals surface area contributed by atoms with E-state index in [-0.39, 0.29) is 11.9 Å². The molecular weight excluding hydrogens is 228 g/mol. The largest absolute Gasteiger partial charge is 0.467 e. The molecule has 0 aliphatic heterocycles. The Morgan fingerprint density at radius 1 is 1.56 bits per heavy atom. The molecule has 0 aromatic carbocycles. The fourth-order valence-corrected chi connectivity index (χ4v) is 1.44. The maximum absolute atomic E-state index is 11.5. The number of nitrogens with one attached hydrogen (secondary N) is 1. The highest BCUT2D eigenvalue weighted by atomic mass is 35.5. The van der Waals surface area contributed by atoms with Crippen molar-refractivity contribution < 1.29 is 9.53 Å². The molecule has 5 heteroatoms. The Labute approximate surface area is 100.0 Å². The summed E-state index contributed by atoms with van der Waals surface area (Å²) in [5, 5.41) is 3.46. The lowest BCUT2D eigenvalue weighted by Crippen LogP contribution is -2.35. The number of methoxy groups -OCH3 is 1. The van der Waals surface area contributed by atoms with Crippen LogP contribution >= 0.6 is 11.6 Å². The minimum absolute atomic E-state index is 0.0884. The summed E-state index contributed by atoms with van der Waals surface area (Å²) in [6.07, 6.45) is 1.61. The topological polar surface area (TPSA) is 51.2 Å². The molecule has 1 rings (SSSR count). The molecule has 1 atom stereocenters. The standard InChI is InChI=1S/C11H15ClN2O2/c1-7(2)9(11(15)16-3)14-10-8(12)5-4-6-13-10/h4-7,9H,1-3H3,(H,13,14). The van der Waals surface area contributed by atoms with Crippen molar-refractivity contribution in [3.63, 3.8) is 0 Å². The van der Waals surface area contributed by atoms with E-state index < -0.39 is 6.04 Å². The van der Waals surface area contributed by atoms with E-state index in [1.54, 1.807) is 18.3 Å². The van der Waals surface area contributed by atoms with E-state index >= 15 is 0 Å². The van der Waals surface area contributed by atoms with Crippen LogP contribution in [-0.4, -0.2) is 24.1 Å². The van der Waals surface area contributed by atoms with Gasteiger partial charge in [0.15, 0.2) is 0 Å². The smallest absolute Gasteiger partial charge is 0.328 e. The molecule has 1 aromatic heterocycles. The van der Waals surface area contributed by atoms with Gasteiger partial charge < -0.3 is 10.1 Å². The summed E-state index contributed by atoms with van der Waals surface area (Å²) in [6, 6.07) is 3.00. The van der Waals surface area contributed by atoms with E-state index in [9.17, 15) is 4.79 Å². The molecule has 0 spiro atoms. The highest BCUT2D eigenvalue weighted by Gasteiger charge is 2.23. The van der Waals surface area contributed by atoms with Crippen LogP contribution in [0.3, 0.4) is 0 Å². The number of aromatic nitrogens is 1. The third-order valence-electron chi connectivity index (χ3n) is 2.17. The third kappa shape index (κ3) is 3.10. The number of carbonyl (C=O) groups excluding carboxylic acids is 1. The molecule has 0 saturated heterocycles. The molecule has 1 aromatic rings. The van der Waals surface area contributed by atoms with E-state index in [0.29, 0.717) is 10.8 Å². The van der Waals surface area contributed by atoms with E-state index in [0.717, 1.165) is 0 Å². The van der Waals surface area contributed by atoms with Gasteiger partial charge >= 0.3 is 5.97 Å². The van der Waals surface area contributed by atoms with Gasteiger partial charge in [-0.2, -0.15) is 0 Å². The summed E-state index contributed by atoms with van der Waals surface area (Å²) >= 11 is 5.94. The Morgan fingerprint density at radius 2 is 2.25 bits per heavy atom. The minimum Gasteiger partial charge on any atom is -0.467 e. The molecule has 88 valence electrons. The minimum atomic E-state index is -0.447. The molecule has 0 aliphatic carbocycles. The van der Waals surface area contributed by atoms with Crippen molar-refractivity contribution in [2.45, 2.75) is 19.9 Å². The van der Waals surface area contributed by atoms with Gasteiger partial charge in [0.2, 0.25) is 0 Å². The summed E-state index contributed by atoms with van der Waals surface area (Å²) in [5.74, 6) is 0.260. The molecule has 0 aliphatic rings. The van der Waals surface area contributed by atoms with Crippen LogP contribution in [0.1, 0.15) is 13.8 Å². The fraction of sp³-hybridized carbons (Fsp3) is 0.455. The van der Waals surface area contributed by atoms with Crippen molar-refractivity contribution in [2.24, 2.45) is 5.92 Å². The van der Waals surface area contributed by atoms with Crippen molar-refractivity contribution in [1.82, 2.24) is 4.98 Å². The maximum Gasteiger partial charge on any atom is 0.328 e. The van der Waals surface area contributed by atoms with Gasteiger partial charge in [-0.25, -0.2) is 9.78 Å². The summed E-state index contributed by atoms with van der Waals surface area (Å²) in [6.45, 7) is 3.84. The Bertz CT molecular complexity index is 369. The second kappa shape index (κ2) is 5.70. The molecule has 0 bridgehead atoms. The molecule has 0 saturated carbocycles. The number of rotatable bonds is 4. The lowest BCUT2D eigenvalue weighted by atomic mass is 10.0. The van der Waals surface area contributed by atoms with Crippen molar-refractivity contribution in [3.05, 3.63) is 23.4 Å². The third-order valence-corrected chi connectivity index (χ3v) is 2.48. The first kappa shape index (κ1) is 12.8. The molecule has 0 amide bonds. The number of pyridine rings is 1. The number of nitrogens with zero attached hydrogens (tertiary/aromatic N) is 1. The van der Waals surface area contributed by atoms with Crippen LogP contribution in [0, 0.1) is 5.92 Å². The number of ether oxygens (including phenoxy) is 1. The van der Waals surface area contributed by atoms with Gasteiger partial charge in [-0.15, -0.1) is 0 Å². The number of anilines is 1. The number of hydrogen-bond donors (Lipinski definition) is 1. The highest BCUT2D eigenvalue weighted by molar-refractivity contribution is 6.32. The lowest BCUT2D eigenvalue weighted by Gasteiger charge is -2.20. The van der Waals surface area contributed by atoms with Crippen molar-refractivity contribution in [3.8, 4) is 0 Å². The van der Waals surface area contributed by atoms with Gasteiger partial charge in [0.25, 0.3) is 0 Å². The Kier molecular flexibility index (Phi) is 4.55. The quantitative estimate of drug-likeness (QED) is 0.824. The van der Waals surface area contributed by atoms with Crippen LogP contribution in [0.15, 0.2) is 18.3 Å². The second-order valence-electron chi connectivity index (χ2n) is 3.72. The predicted molar refractivity (Wildman–Crippen MR) is 63.5 cm³/mol. The molecule has 4 nitrogen and oxygen atoms in total. The number of halogens is 1. The molecule has 1 N–H and O–H groups in total. The molecule has 0 fully saturated rings. The first-order valence-electron chi connectivity index (χ1n) is 5.01. The van der Waals surface area contributed by atoms with Gasteiger partial charge in [-0.1, -0.05) is 25.4 Å². The monoisotopic (exact) mass is 242 g/mol. The zero-order chi connectivity index (χ0) is 12.1. The fourth-order valence-electron chi connectivity index (χ4n) is 1.26. The lowest BCUT2D eigenvalue weighted by molar-refractivity contribution is -0.142. The van der Waals surface area contributed by atoms with Crippen LogP contribution in [0.4, 0.5) is 5.82 Å². The van der Waals surface area contributed by atoms with Crippen molar-refractivity contribution in [1.29, 1.82) is 0 Å². The van der Waals surface area contributed by atoms with Gasteiger partial charge in [0, 0.05) is 6.20 Å². The summed E-state index contributed by atoms with van der Waals surface area (Å²) in [5.41, 5.74) is 0. The van der Waals surface area contributed by atoms with Crippen LogP contribution < -0.4 is 5.32 Å². The number of esters is 1. The first-order valence-corrected chi connectivity index (χ1v) is 5.39. The summed E-state index contributed by atoms with van der Waals surface area (Å²) in [4.78, 5) is 15.6. The van der Waals surface area contributed by atoms with E-state index in [2.05, 4.69) is 10.3 Å². The highest BCUT2D eigenvalue weighted by Crippen LogP contribution is 2.20. The van der Waals surface area contributed by atoms with E-state index in [4.69, 9.17) is 16.3 Å². The first-order chi connectivity index (χ1) is 7.56. The van der Waals surface area contributed by atoms with Gasteiger partial charge in [-0.3, -0.25) is 0 Å². The van der Waals surface area contributed by atoms with E-state index in [1.807, 2.05) is 13.8 Å². The van der Waals surface area contributed by atoms with Crippen LogP contribution in [0.5, 0.6) is 0 Å². The average Bonchev–Trinajstić information content (AvgIpc) is 2.26. The Balaban J connectivity index is 2.84. The molecule has 0 radical (unpaired) electrons. The van der Waals surface area contributed by atoms with Gasteiger partial charge in [-0.05, 0) is 18.1 Å². The number of hydrogen-bond acceptors (Lipinski definition) is 4. The SMILES string of the molecule is COC(=O)C(Nc1ncccc1Cl)C(C)C. The Morgan fingerprint density at radius 3 is 2.75 bits per heavy atom. The van der Waals surface area contributed by atoms with E-state index in [1.165, 1.54) is 7.11 Å². The van der Waals surface area contributed by atoms with Crippen LogP contribution in [0.2, 0.25) is 5.02 Å². The Hall–Kier alpha value is -1.29. The normalized spacial score (nSPS) is 12.3. The van der Waals surface area contributed by atoms with Crippen LogP contribution in [-0.2, 0) is 9.53 Å². The van der Waals surface area contributed by atoms with Gasteiger partial charge in [0.1, 0.15) is 11.9 Å². The number of carbonyl (C=O) groups is 1. The second-order valence-corrected chi connectivity index (χ2v) is 4.13. The van der Waals surface area contributed by atoms with Crippen molar-refractivity contribution in [2.75, 3.05) is 12.4 Å². The summed E-state index contributed by atoms with van der Waals surface area (Å²) in [7, 11) is 1.36. The van der Waals surface area contributed by atoms with Crippen LogP contribution in [0.25, 0.3) is 0 Å². The predicted octanol–water partition coefficient (Wildman–Crippen LogP) is 2.34. The molecule has 1 heterocycles.